The number of halogens is 1. The van der Waals surface area contributed by atoms with E-state index < -0.39 is 6.17 Å². The van der Waals surface area contributed by atoms with Crippen molar-refractivity contribution in [2.45, 2.75) is 31.1 Å². The molecule has 0 spiro atoms. The fourth-order valence-electron chi connectivity index (χ4n) is 4.08. The fraction of sp³-hybridized carbons (Fsp3) is 0.273. The van der Waals surface area contributed by atoms with Crippen LogP contribution in [-0.4, -0.2) is 29.0 Å². The predicted molar refractivity (Wildman–Crippen MR) is 120 cm³/mol. The molecule has 0 saturated carbocycles. The minimum Gasteiger partial charge on any atom is -0.454 e. The van der Waals surface area contributed by atoms with Crippen LogP contribution in [0.5, 0.6) is 11.5 Å². The molecule has 1 N–H and O–H groups in total. The van der Waals surface area contributed by atoms with Gasteiger partial charge in [0.25, 0.3) is 6.17 Å². The monoisotopic (exact) mass is 471 g/mol. The van der Waals surface area contributed by atoms with Gasteiger partial charge < -0.3 is 9.47 Å². The van der Waals surface area contributed by atoms with Crippen molar-refractivity contribution in [2.75, 3.05) is 17.9 Å². The van der Waals surface area contributed by atoms with E-state index in [-0.39, 0.29) is 18.3 Å². The Kier molecular flexibility index (Phi) is 5.30. The van der Waals surface area contributed by atoms with Gasteiger partial charge in [-0.05, 0) is 35.6 Å². The maximum Gasteiger partial charge on any atom is 0.325 e. The number of carbonyl (C=O) groups excluding carboxylic acids is 1. The summed E-state index contributed by atoms with van der Waals surface area (Å²) in [4.78, 5) is 31.1. The van der Waals surface area contributed by atoms with E-state index in [4.69, 9.17) is 21.1 Å². The average Bonchev–Trinajstić information content (AvgIpc) is 3.24. The average molecular weight is 472 g/mol. The van der Waals surface area contributed by atoms with Crippen LogP contribution in [0.25, 0.3) is 11.3 Å². The summed E-state index contributed by atoms with van der Waals surface area (Å²) in [6.45, 7) is 2.05. The highest BCUT2D eigenvalue weighted by Crippen LogP contribution is 2.43. The van der Waals surface area contributed by atoms with Gasteiger partial charge in [-0.15, -0.1) is 0 Å². The van der Waals surface area contributed by atoms with Crippen molar-refractivity contribution in [3.63, 3.8) is 0 Å². The van der Waals surface area contributed by atoms with Crippen LogP contribution in [0.15, 0.2) is 46.3 Å². The van der Waals surface area contributed by atoms with Gasteiger partial charge in [0.05, 0.1) is 21.8 Å². The second-order valence-corrected chi connectivity index (χ2v) is 8.59. The first-order chi connectivity index (χ1) is 15.5. The second-order valence-electron chi connectivity index (χ2n) is 7.39. The van der Waals surface area contributed by atoms with Crippen LogP contribution in [0.4, 0.5) is 5.69 Å². The molecule has 2 aliphatic heterocycles. The zero-order valence-corrected chi connectivity index (χ0v) is 19.0. The summed E-state index contributed by atoms with van der Waals surface area (Å²) in [5, 5.41) is 5.50. The molecule has 164 valence electrons. The van der Waals surface area contributed by atoms with Crippen LogP contribution >= 0.6 is 23.4 Å². The third kappa shape index (κ3) is 3.23. The van der Waals surface area contributed by atoms with Crippen molar-refractivity contribution < 1.29 is 19.0 Å². The Morgan fingerprint density at radius 2 is 2.06 bits per heavy atom. The number of amides is 1. The number of anilines is 1. The molecule has 0 fully saturated rings. The van der Waals surface area contributed by atoms with Crippen LogP contribution in [0.1, 0.15) is 31.5 Å². The molecule has 32 heavy (non-hydrogen) atoms. The summed E-state index contributed by atoms with van der Waals surface area (Å²) < 4.78 is 12.6. The van der Waals surface area contributed by atoms with E-state index in [1.807, 2.05) is 37.4 Å². The molecule has 1 atom stereocenters. The lowest BCUT2D eigenvalue weighted by Crippen LogP contribution is -2.61. The van der Waals surface area contributed by atoms with E-state index in [1.165, 1.54) is 11.8 Å². The van der Waals surface area contributed by atoms with Gasteiger partial charge in [0.15, 0.2) is 11.5 Å². The fourth-order valence-corrected chi connectivity index (χ4v) is 4.70. The van der Waals surface area contributed by atoms with Gasteiger partial charge in [0.1, 0.15) is 0 Å². The summed E-state index contributed by atoms with van der Waals surface area (Å²) in [7, 11) is 0. The van der Waals surface area contributed by atoms with Crippen molar-refractivity contribution in [2.24, 2.45) is 0 Å². The molecule has 3 aromatic rings. The van der Waals surface area contributed by atoms with Crippen molar-refractivity contribution in [1.82, 2.24) is 10.1 Å². The molecule has 1 unspecified atom stereocenters. The predicted octanol–water partition coefficient (Wildman–Crippen LogP) is 3.52. The van der Waals surface area contributed by atoms with Gasteiger partial charge in [-0.25, -0.2) is 4.90 Å². The number of carbonyl (C=O) groups is 1. The van der Waals surface area contributed by atoms with Crippen molar-refractivity contribution in [1.29, 1.82) is 0 Å². The number of hydrogen-bond donors (Lipinski definition) is 1. The molecule has 0 radical (unpaired) electrons. The molecule has 10 heteroatoms. The lowest BCUT2D eigenvalue weighted by atomic mass is 10.0. The highest BCUT2D eigenvalue weighted by atomic mass is 35.5. The number of nitrogens with one attached hydrogen (secondary N) is 1. The normalized spacial score (nSPS) is 16.0. The Bertz CT molecular complexity index is 1300. The lowest BCUT2D eigenvalue weighted by molar-refractivity contribution is -0.763. The van der Waals surface area contributed by atoms with E-state index in [2.05, 4.69) is 10.1 Å². The first-order valence-electron chi connectivity index (χ1n) is 10.1. The number of para-hydroxylation sites is 1. The number of aromatic nitrogens is 3. The quantitative estimate of drug-likeness (QED) is 0.462. The molecule has 3 heterocycles. The van der Waals surface area contributed by atoms with E-state index in [9.17, 15) is 9.59 Å². The first-order valence-corrected chi connectivity index (χ1v) is 11.7. The van der Waals surface area contributed by atoms with Crippen LogP contribution in [0.3, 0.4) is 0 Å². The van der Waals surface area contributed by atoms with Gasteiger partial charge in [0, 0.05) is 17.6 Å². The van der Waals surface area contributed by atoms with Crippen LogP contribution < -0.4 is 24.6 Å². The smallest absolute Gasteiger partial charge is 0.325 e. The minimum atomic E-state index is -0.769. The maximum absolute atomic E-state index is 13.4. The zero-order valence-electron chi connectivity index (χ0n) is 17.4. The molecule has 5 rings (SSSR count). The first kappa shape index (κ1) is 20.8. The molecule has 1 amide bonds. The summed E-state index contributed by atoms with van der Waals surface area (Å²) >= 11 is 8.00. The Hall–Kier alpha value is -3.04. The largest absolute Gasteiger partial charge is 0.454 e. The number of nitrogens with zero attached hydrogens (tertiary/aromatic N) is 3. The number of fused-ring (bicyclic) bond motifs is 4. The molecule has 0 bridgehead atoms. The summed E-state index contributed by atoms with van der Waals surface area (Å²) in [5.74, 6) is 0.975. The molecule has 8 nitrogen and oxygen atoms in total. The number of thioether (sulfide) groups is 1. The van der Waals surface area contributed by atoms with E-state index in [0.717, 1.165) is 0 Å². The van der Waals surface area contributed by atoms with E-state index in [1.54, 1.807) is 21.7 Å². The topological polar surface area (TPSA) is 88.4 Å². The van der Waals surface area contributed by atoms with Gasteiger partial charge in [-0.2, -0.15) is 0 Å². The van der Waals surface area contributed by atoms with Crippen molar-refractivity contribution in [3.8, 4) is 22.8 Å². The lowest BCUT2D eigenvalue weighted by Gasteiger charge is -2.32. The number of rotatable bonds is 4. The van der Waals surface area contributed by atoms with E-state index >= 15 is 0 Å². The number of benzene rings is 2. The van der Waals surface area contributed by atoms with Crippen LogP contribution in [-0.2, 0) is 4.79 Å². The maximum atomic E-state index is 13.4. The number of hydrogen-bond acceptors (Lipinski definition) is 6. The molecule has 2 aromatic carbocycles. The highest BCUT2D eigenvalue weighted by molar-refractivity contribution is 7.98. The Balaban J connectivity index is 1.84. The number of H-pyrrole nitrogens is 1. The number of aromatic amines is 1. The van der Waals surface area contributed by atoms with Crippen LogP contribution in [0.2, 0.25) is 5.02 Å². The Labute approximate surface area is 193 Å². The van der Waals surface area contributed by atoms with Gasteiger partial charge in [0.2, 0.25) is 17.9 Å². The highest BCUT2D eigenvalue weighted by Gasteiger charge is 2.46. The second kappa shape index (κ2) is 8.14. The molecular formula is C22H20ClN4O4S+. The van der Waals surface area contributed by atoms with Gasteiger partial charge >= 0.3 is 11.3 Å². The molecule has 1 aromatic heterocycles. The molecular weight excluding hydrogens is 452 g/mol. The Morgan fingerprint density at radius 1 is 1.31 bits per heavy atom. The van der Waals surface area contributed by atoms with Crippen molar-refractivity contribution >= 4 is 35.0 Å². The van der Waals surface area contributed by atoms with E-state index in [0.29, 0.717) is 57.0 Å². The summed E-state index contributed by atoms with van der Waals surface area (Å²) in [6.07, 6.45) is 2.07. The standard InChI is InChI=1S/C22H19ClN4O4S/c1-3-6-18(28)26-15-8-5-4-7-12(15)19-20(29)24-22(32-2)25-27(19)21(26)13-9-16-17(10-14(13)23)31-11-30-16/h4-5,7-10,21H,3,6,11H2,1-2H3/p+1. The molecule has 0 aliphatic carbocycles. The van der Waals surface area contributed by atoms with Crippen LogP contribution in [0, 0.1) is 0 Å². The minimum absolute atomic E-state index is 0.0929. The van der Waals surface area contributed by atoms with Gasteiger partial charge in [-0.3, -0.25) is 14.6 Å². The van der Waals surface area contributed by atoms with Gasteiger partial charge in [-0.1, -0.05) is 42.4 Å². The third-order valence-corrected chi connectivity index (χ3v) is 6.35. The molecule has 0 saturated heterocycles. The SMILES string of the molecule is CCCC(=O)N1c2ccccc2-c2c(=O)[nH]c(SC)n[n+]2C1c1cc2c(cc1Cl)OCO2. The summed E-state index contributed by atoms with van der Waals surface area (Å²) in [5.41, 5.74) is 1.92. The number of ether oxygens (including phenoxy) is 2. The summed E-state index contributed by atoms with van der Waals surface area (Å²) in [6, 6.07) is 10.8. The zero-order chi connectivity index (χ0) is 22.4. The third-order valence-electron chi connectivity index (χ3n) is 5.45. The molecule has 2 aliphatic rings. The van der Waals surface area contributed by atoms with Crippen molar-refractivity contribution in [3.05, 3.63) is 57.3 Å². The Morgan fingerprint density at radius 3 is 2.81 bits per heavy atom.